The van der Waals surface area contributed by atoms with Crippen molar-refractivity contribution in [3.05, 3.63) is 23.9 Å². The smallest absolute Gasteiger partial charge is 0.195 e. The van der Waals surface area contributed by atoms with Gasteiger partial charge in [-0.15, -0.1) is 12.4 Å². The molecule has 1 aliphatic heterocycles. The molecule has 1 unspecified atom stereocenters. The number of hydrogen-bond donors (Lipinski definition) is 1. The van der Waals surface area contributed by atoms with E-state index in [1.807, 2.05) is 6.07 Å². The van der Waals surface area contributed by atoms with Crippen LogP contribution < -0.4 is 5.32 Å². The molecule has 0 saturated carbocycles. The van der Waals surface area contributed by atoms with Crippen molar-refractivity contribution in [2.75, 3.05) is 18.8 Å². The summed E-state index contributed by atoms with van der Waals surface area (Å²) >= 11 is 0. The molecule has 1 aromatic heterocycles. The Labute approximate surface area is 119 Å². The largest absolute Gasteiger partial charge is 0.316 e. The first-order valence-corrected chi connectivity index (χ1v) is 7.57. The van der Waals surface area contributed by atoms with Crippen LogP contribution in [0, 0.1) is 17.2 Å². The number of piperidine rings is 1. The normalized spacial score (nSPS) is 19.2. The maximum Gasteiger partial charge on any atom is 0.195 e. The summed E-state index contributed by atoms with van der Waals surface area (Å²) in [7, 11) is -3.39. The number of aromatic nitrogens is 1. The predicted octanol–water partition coefficient (Wildman–Crippen LogP) is 1.15. The molecule has 104 valence electrons. The number of nitriles is 1. The zero-order chi connectivity index (χ0) is 13.0. The maximum absolute atomic E-state index is 12.2. The summed E-state index contributed by atoms with van der Waals surface area (Å²) in [4.78, 5) is 3.87. The fraction of sp³-hybridized carbons (Fsp3) is 0.500. The van der Waals surface area contributed by atoms with Gasteiger partial charge in [-0.2, -0.15) is 5.26 Å². The lowest BCUT2D eigenvalue weighted by atomic mass is 10.0. The predicted molar refractivity (Wildman–Crippen MR) is 73.8 cm³/mol. The van der Waals surface area contributed by atoms with Crippen LogP contribution in [0.5, 0.6) is 0 Å². The van der Waals surface area contributed by atoms with Gasteiger partial charge in [-0.3, -0.25) is 0 Å². The van der Waals surface area contributed by atoms with E-state index in [9.17, 15) is 8.42 Å². The van der Waals surface area contributed by atoms with Gasteiger partial charge in [0.2, 0.25) is 0 Å². The van der Waals surface area contributed by atoms with Crippen LogP contribution in [0.4, 0.5) is 0 Å². The fourth-order valence-electron chi connectivity index (χ4n) is 2.11. The van der Waals surface area contributed by atoms with Crippen molar-refractivity contribution in [3.63, 3.8) is 0 Å². The highest BCUT2D eigenvalue weighted by Crippen LogP contribution is 2.17. The quantitative estimate of drug-likeness (QED) is 0.905. The molecule has 1 aliphatic rings. The van der Waals surface area contributed by atoms with Gasteiger partial charge in [-0.25, -0.2) is 13.4 Å². The molecule has 1 saturated heterocycles. The Hall–Kier alpha value is -1.16. The number of pyridine rings is 1. The zero-order valence-corrected chi connectivity index (χ0v) is 12.0. The van der Waals surface area contributed by atoms with Crippen molar-refractivity contribution in [1.29, 1.82) is 5.26 Å². The van der Waals surface area contributed by atoms with E-state index in [-0.39, 0.29) is 29.1 Å². The minimum atomic E-state index is -3.39. The molecule has 1 fully saturated rings. The molecule has 0 aromatic carbocycles. The lowest BCUT2D eigenvalue weighted by Crippen LogP contribution is -2.34. The average Bonchev–Trinajstić information content (AvgIpc) is 2.39. The van der Waals surface area contributed by atoms with Gasteiger partial charge in [0.15, 0.2) is 14.9 Å². The molecule has 0 bridgehead atoms. The third kappa shape index (κ3) is 4.16. The summed E-state index contributed by atoms with van der Waals surface area (Å²) in [6, 6.07) is 4.77. The van der Waals surface area contributed by atoms with Crippen LogP contribution in [0.1, 0.15) is 18.4 Å². The highest BCUT2D eigenvalue weighted by Gasteiger charge is 2.24. The molecule has 0 radical (unpaired) electrons. The molecule has 0 amide bonds. The van der Waals surface area contributed by atoms with Crippen LogP contribution in [0.15, 0.2) is 23.4 Å². The summed E-state index contributed by atoms with van der Waals surface area (Å²) < 4.78 is 24.3. The minimum Gasteiger partial charge on any atom is -0.316 e. The first-order valence-electron chi connectivity index (χ1n) is 5.91. The molecular weight excluding hydrogens is 286 g/mol. The van der Waals surface area contributed by atoms with E-state index in [2.05, 4.69) is 10.3 Å². The van der Waals surface area contributed by atoms with Gasteiger partial charge in [0.25, 0.3) is 0 Å². The topological polar surface area (TPSA) is 82.8 Å². The van der Waals surface area contributed by atoms with Crippen LogP contribution >= 0.6 is 12.4 Å². The van der Waals surface area contributed by atoms with Gasteiger partial charge in [0.05, 0.1) is 17.4 Å². The van der Waals surface area contributed by atoms with E-state index < -0.39 is 9.84 Å². The number of halogens is 1. The SMILES string of the molecule is Cl.N#Cc1ccnc(S(=O)(=O)CC2CCCNC2)c1. The van der Waals surface area contributed by atoms with Gasteiger partial charge in [0.1, 0.15) is 0 Å². The van der Waals surface area contributed by atoms with E-state index in [4.69, 9.17) is 5.26 Å². The number of nitrogens with one attached hydrogen (secondary N) is 1. The van der Waals surface area contributed by atoms with Crippen molar-refractivity contribution in [2.45, 2.75) is 17.9 Å². The second kappa shape index (κ2) is 6.85. The molecule has 7 heteroatoms. The number of sulfone groups is 1. The number of nitrogens with zero attached hydrogens (tertiary/aromatic N) is 2. The fourth-order valence-corrected chi connectivity index (χ4v) is 3.71. The molecular formula is C12H16ClN3O2S. The number of rotatable bonds is 3. The van der Waals surface area contributed by atoms with Gasteiger partial charge >= 0.3 is 0 Å². The highest BCUT2D eigenvalue weighted by molar-refractivity contribution is 7.91. The number of hydrogen-bond acceptors (Lipinski definition) is 5. The second-order valence-corrected chi connectivity index (χ2v) is 6.47. The standard InChI is InChI=1S/C12H15N3O2S.ClH/c13-7-10-3-5-15-12(6-10)18(16,17)9-11-2-1-4-14-8-11;/h3,5-6,11,14H,1-2,4,8-9H2;1H. The molecule has 0 aliphatic carbocycles. The third-order valence-corrected chi connectivity index (χ3v) is 4.81. The Balaban J connectivity index is 0.00000180. The second-order valence-electron chi connectivity index (χ2n) is 4.49. The minimum absolute atomic E-state index is 0. The van der Waals surface area contributed by atoms with Crippen LogP contribution in [-0.4, -0.2) is 32.2 Å². The van der Waals surface area contributed by atoms with Crippen LogP contribution in [0.2, 0.25) is 0 Å². The molecule has 19 heavy (non-hydrogen) atoms. The molecule has 2 heterocycles. The summed E-state index contributed by atoms with van der Waals surface area (Å²) in [6.45, 7) is 1.69. The van der Waals surface area contributed by atoms with Crippen molar-refractivity contribution in [1.82, 2.24) is 10.3 Å². The van der Waals surface area contributed by atoms with Gasteiger partial charge in [-0.1, -0.05) is 0 Å². The van der Waals surface area contributed by atoms with E-state index in [1.54, 1.807) is 0 Å². The lowest BCUT2D eigenvalue weighted by molar-refractivity contribution is 0.403. The van der Waals surface area contributed by atoms with E-state index >= 15 is 0 Å². The Morgan fingerprint density at radius 1 is 1.53 bits per heavy atom. The molecule has 0 spiro atoms. The first-order chi connectivity index (χ1) is 8.62. The van der Waals surface area contributed by atoms with Gasteiger partial charge < -0.3 is 5.32 Å². The summed E-state index contributed by atoms with van der Waals surface area (Å²) in [5.41, 5.74) is 0.324. The van der Waals surface area contributed by atoms with E-state index in [1.165, 1.54) is 18.3 Å². The maximum atomic E-state index is 12.2. The van der Waals surface area contributed by atoms with E-state index in [0.29, 0.717) is 5.56 Å². The van der Waals surface area contributed by atoms with Crippen LogP contribution in [0.25, 0.3) is 0 Å². The monoisotopic (exact) mass is 301 g/mol. The van der Waals surface area contributed by atoms with Crippen molar-refractivity contribution in [3.8, 4) is 6.07 Å². The Morgan fingerprint density at radius 3 is 2.95 bits per heavy atom. The highest BCUT2D eigenvalue weighted by atomic mass is 35.5. The zero-order valence-electron chi connectivity index (χ0n) is 10.4. The van der Waals surface area contributed by atoms with E-state index in [0.717, 1.165) is 25.9 Å². The molecule has 5 nitrogen and oxygen atoms in total. The van der Waals surface area contributed by atoms with Gasteiger partial charge in [0, 0.05) is 6.20 Å². The molecule has 2 rings (SSSR count). The Kier molecular flexibility index (Phi) is 5.73. The summed E-state index contributed by atoms with van der Waals surface area (Å²) in [5, 5.41) is 12.0. The Bertz CT molecular complexity index is 563. The van der Waals surface area contributed by atoms with Crippen molar-refractivity contribution < 1.29 is 8.42 Å². The molecule has 1 atom stereocenters. The summed E-state index contributed by atoms with van der Waals surface area (Å²) in [6.07, 6.45) is 3.29. The Morgan fingerprint density at radius 2 is 2.32 bits per heavy atom. The van der Waals surface area contributed by atoms with Crippen molar-refractivity contribution in [2.24, 2.45) is 5.92 Å². The summed E-state index contributed by atoms with van der Waals surface area (Å²) in [5.74, 6) is 0.235. The molecule has 1 aromatic rings. The van der Waals surface area contributed by atoms with Gasteiger partial charge in [-0.05, 0) is 44.0 Å². The van der Waals surface area contributed by atoms with Crippen LogP contribution in [0.3, 0.4) is 0 Å². The first kappa shape index (κ1) is 15.9. The van der Waals surface area contributed by atoms with Crippen LogP contribution in [-0.2, 0) is 9.84 Å². The van der Waals surface area contributed by atoms with Crippen molar-refractivity contribution >= 4 is 22.2 Å². The average molecular weight is 302 g/mol. The lowest BCUT2D eigenvalue weighted by Gasteiger charge is -2.22. The third-order valence-electron chi connectivity index (χ3n) is 3.04. The molecule has 1 N–H and O–H groups in total.